The number of benzene rings is 4. The van der Waals surface area contributed by atoms with Crippen molar-refractivity contribution in [1.29, 1.82) is 0 Å². The molecule has 1 radical (unpaired) electrons. The number of allylic oxidation sites excluding steroid dienone is 2. The average molecular weight is 661 g/mol. The number of pyridine rings is 1. The zero-order valence-electron chi connectivity index (χ0n) is 20.2. The molecule has 6 aromatic rings. The molecule has 7 rings (SSSR count). The van der Waals surface area contributed by atoms with E-state index in [0.29, 0.717) is 0 Å². The van der Waals surface area contributed by atoms with Crippen LogP contribution in [0.5, 0.6) is 0 Å². The molecular weight excluding hydrogens is 639 g/mol. The van der Waals surface area contributed by atoms with E-state index in [4.69, 9.17) is 14.5 Å². The number of fused-ring (bicyclic) bond motifs is 6. The summed E-state index contributed by atoms with van der Waals surface area (Å²) in [5.41, 5.74) is 9.78. The molecule has 183 valence electrons. The van der Waals surface area contributed by atoms with Crippen LogP contribution in [0.4, 0.5) is 0 Å². The van der Waals surface area contributed by atoms with Gasteiger partial charge in [0.2, 0.25) is 0 Å². The van der Waals surface area contributed by atoms with Crippen LogP contribution in [0.15, 0.2) is 101 Å². The van der Waals surface area contributed by atoms with Gasteiger partial charge in [-0.3, -0.25) is 9.78 Å². The molecule has 5 heteroatoms. The predicted octanol–water partition coefficient (Wildman–Crippen LogP) is 8.28. The molecular formula is C32H22IrNO3-. The van der Waals surface area contributed by atoms with E-state index in [1.54, 1.807) is 0 Å². The summed E-state index contributed by atoms with van der Waals surface area (Å²) in [6.45, 7) is 2.85. The number of ketones is 1. The maximum atomic E-state index is 10.0. The zero-order valence-corrected chi connectivity index (χ0v) is 22.6. The summed E-state index contributed by atoms with van der Waals surface area (Å²) >= 11 is 0. The average Bonchev–Trinajstić information content (AvgIpc) is 3.40. The third-order valence-corrected chi connectivity index (χ3v) is 6.34. The number of hydrogen-bond donors (Lipinski definition) is 1. The smallest absolute Gasteiger partial charge is 0.155 e. The first kappa shape index (κ1) is 24.6. The van der Waals surface area contributed by atoms with Gasteiger partial charge in [0, 0.05) is 37.0 Å². The Balaban J connectivity index is 0.000000313. The van der Waals surface area contributed by atoms with Gasteiger partial charge in [0.05, 0.1) is 16.9 Å². The molecule has 0 fully saturated rings. The number of hydrogen-bond acceptors (Lipinski definition) is 4. The largest absolute Gasteiger partial charge is 0.512 e. The van der Waals surface area contributed by atoms with Crippen LogP contribution in [0.2, 0.25) is 0 Å². The van der Waals surface area contributed by atoms with E-state index in [2.05, 4.69) is 66.7 Å². The molecule has 1 N–H and O–H groups in total. The molecule has 0 spiro atoms. The monoisotopic (exact) mass is 661 g/mol. The van der Waals surface area contributed by atoms with Crippen LogP contribution in [-0.4, -0.2) is 15.9 Å². The Morgan fingerprint density at radius 2 is 1.54 bits per heavy atom. The summed E-state index contributed by atoms with van der Waals surface area (Å²) in [5, 5.41) is 11.8. The fraction of sp³-hybridized carbons (Fsp3) is 0.0625. The predicted molar refractivity (Wildman–Crippen MR) is 145 cm³/mol. The fourth-order valence-electron chi connectivity index (χ4n) is 4.93. The van der Waals surface area contributed by atoms with Gasteiger partial charge in [-0.05, 0) is 53.9 Å². The van der Waals surface area contributed by atoms with Crippen LogP contribution in [-0.2, 0) is 24.9 Å². The minimum absolute atomic E-state index is 0. The van der Waals surface area contributed by atoms with Crippen LogP contribution in [0.25, 0.3) is 66.4 Å². The van der Waals surface area contributed by atoms with E-state index >= 15 is 0 Å². The Bertz CT molecular complexity index is 1840. The van der Waals surface area contributed by atoms with Gasteiger partial charge in [-0.1, -0.05) is 66.0 Å². The molecule has 2 aromatic heterocycles. The number of nitrogens with zero attached hydrogens (tertiary/aromatic N) is 1. The van der Waals surface area contributed by atoms with Gasteiger partial charge in [0.25, 0.3) is 0 Å². The molecule has 0 aliphatic heterocycles. The molecule has 0 amide bonds. The van der Waals surface area contributed by atoms with E-state index in [1.165, 1.54) is 47.6 Å². The van der Waals surface area contributed by atoms with Gasteiger partial charge in [0.1, 0.15) is 5.58 Å². The van der Waals surface area contributed by atoms with Crippen molar-refractivity contribution in [2.24, 2.45) is 0 Å². The number of aromatic nitrogens is 1. The Kier molecular flexibility index (Phi) is 6.51. The van der Waals surface area contributed by atoms with Gasteiger partial charge < -0.3 is 9.52 Å². The second kappa shape index (κ2) is 9.78. The summed E-state index contributed by atoms with van der Waals surface area (Å²) < 4.78 is 5.96. The molecule has 4 nitrogen and oxygen atoms in total. The minimum atomic E-state index is -0.125. The van der Waals surface area contributed by atoms with Crippen molar-refractivity contribution in [1.82, 2.24) is 4.98 Å². The number of furan rings is 1. The Morgan fingerprint density at radius 3 is 2.27 bits per heavy atom. The van der Waals surface area contributed by atoms with Gasteiger partial charge >= 0.3 is 0 Å². The van der Waals surface area contributed by atoms with Crippen LogP contribution in [0.3, 0.4) is 0 Å². The quantitative estimate of drug-likeness (QED) is 0.115. The zero-order chi connectivity index (χ0) is 24.8. The minimum Gasteiger partial charge on any atom is -0.512 e. The first-order chi connectivity index (χ1) is 17.5. The van der Waals surface area contributed by atoms with E-state index in [-0.39, 0.29) is 31.6 Å². The third kappa shape index (κ3) is 4.37. The number of para-hydroxylation sites is 1. The molecule has 0 unspecified atom stereocenters. The second-order valence-corrected chi connectivity index (χ2v) is 8.92. The summed E-state index contributed by atoms with van der Waals surface area (Å²) in [4.78, 5) is 15.0. The van der Waals surface area contributed by atoms with Crippen molar-refractivity contribution in [3.05, 3.63) is 103 Å². The summed E-state index contributed by atoms with van der Waals surface area (Å²) in [5.74, 6) is -0.0625. The molecule has 0 atom stereocenters. The van der Waals surface area contributed by atoms with Crippen molar-refractivity contribution in [3.63, 3.8) is 0 Å². The summed E-state index contributed by atoms with van der Waals surface area (Å²) in [7, 11) is 0. The summed E-state index contributed by atoms with van der Waals surface area (Å²) in [6, 6.07) is 32.8. The van der Waals surface area contributed by atoms with E-state index in [1.807, 2.05) is 24.3 Å². The van der Waals surface area contributed by atoms with E-state index in [0.717, 1.165) is 38.7 Å². The summed E-state index contributed by atoms with van der Waals surface area (Å²) in [6.07, 6.45) is 1.17. The molecule has 37 heavy (non-hydrogen) atoms. The van der Waals surface area contributed by atoms with Crippen LogP contribution in [0, 0.1) is 6.07 Å². The fourth-order valence-corrected chi connectivity index (χ4v) is 4.93. The standard InChI is InChI=1S/C27H14NO.C5H8O2.Ir/c1-2-7-18-17(6-1)20-9-5-10-23-27(20)22(18)15-24(28-23)16-12-13-26-21(14-16)19-8-3-4-11-25(19)29-26;1-4(6)3-5(2)7;/h1-11,13-15H;3,6H,1-2H3;/q-1;;. The number of rotatable bonds is 2. The van der Waals surface area contributed by atoms with Crippen LogP contribution in [0.1, 0.15) is 13.8 Å². The number of carbonyl (C=O) groups is 1. The SMILES string of the molecule is CC(=O)C=C(C)O.[Ir].[c-]1cc2oc3ccccc3c2cc1-c1cc2c3c(cccc3n1)-c1ccccc1-2. The Labute approximate surface area is 227 Å². The second-order valence-electron chi connectivity index (χ2n) is 8.92. The van der Waals surface area contributed by atoms with E-state index in [9.17, 15) is 4.79 Å². The molecule has 1 aliphatic rings. The van der Waals surface area contributed by atoms with Crippen molar-refractivity contribution >= 4 is 38.6 Å². The van der Waals surface area contributed by atoms with Gasteiger partial charge in [0.15, 0.2) is 5.78 Å². The molecule has 4 aromatic carbocycles. The number of carbonyl (C=O) groups excluding carboxylic acids is 1. The van der Waals surface area contributed by atoms with E-state index < -0.39 is 0 Å². The molecule has 0 saturated carbocycles. The molecule has 1 aliphatic carbocycles. The van der Waals surface area contributed by atoms with Crippen molar-refractivity contribution in [2.45, 2.75) is 13.8 Å². The number of aliphatic hydroxyl groups is 1. The maximum Gasteiger partial charge on any atom is 0.155 e. The van der Waals surface area contributed by atoms with Crippen LogP contribution < -0.4 is 0 Å². The van der Waals surface area contributed by atoms with Gasteiger partial charge in [-0.25, -0.2) is 0 Å². The Morgan fingerprint density at radius 1 is 0.838 bits per heavy atom. The third-order valence-electron chi connectivity index (χ3n) is 6.34. The molecule has 0 saturated heterocycles. The number of aliphatic hydroxyl groups excluding tert-OH is 1. The van der Waals surface area contributed by atoms with Crippen molar-refractivity contribution in [2.75, 3.05) is 0 Å². The van der Waals surface area contributed by atoms with Crippen molar-refractivity contribution in [3.8, 4) is 33.5 Å². The Hall–Kier alpha value is -4.05. The maximum absolute atomic E-state index is 10.0. The molecule has 0 bridgehead atoms. The van der Waals surface area contributed by atoms with Crippen molar-refractivity contribution < 1.29 is 34.4 Å². The van der Waals surface area contributed by atoms with Gasteiger partial charge in [-0.15, -0.1) is 23.8 Å². The molecule has 2 heterocycles. The first-order valence-corrected chi connectivity index (χ1v) is 11.7. The normalized spacial score (nSPS) is 11.7. The topological polar surface area (TPSA) is 63.3 Å². The van der Waals surface area contributed by atoms with Gasteiger partial charge in [-0.2, -0.15) is 0 Å². The van der Waals surface area contributed by atoms with Crippen LogP contribution >= 0.6 is 0 Å². The first-order valence-electron chi connectivity index (χ1n) is 11.7.